The molecule has 0 amide bonds. The van der Waals surface area contributed by atoms with Crippen LogP contribution in [0.4, 0.5) is 0 Å². The van der Waals surface area contributed by atoms with E-state index in [1.165, 1.54) is 0 Å². The third-order valence-corrected chi connectivity index (χ3v) is 1.71. The fourth-order valence-corrected chi connectivity index (χ4v) is 1.16. The van der Waals surface area contributed by atoms with Gasteiger partial charge in [-0.1, -0.05) is 0 Å². The average molecular weight is 161 g/mol. The molecule has 0 saturated heterocycles. The van der Waals surface area contributed by atoms with Crippen LogP contribution in [0.2, 0.25) is 0 Å². The van der Waals surface area contributed by atoms with Crippen molar-refractivity contribution in [2.24, 2.45) is 0 Å². The molecule has 0 aliphatic rings. The van der Waals surface area contributed by atoms with Crippen LogP contribution in [0.25, 0.3) is 22.1 Å². The Balaban J connectivity index is 2.71. The summed E-state index contributed by atoms with van der Waals surface area (Å²) in [6.45, 7) is 0. The third-order valence-electron chi connectivity index (χ3n) is 1.71. The number of benzene rings is 1. The normalized spacial score (nSPS) is 11.3. The first-order valence-corrected chi connectivity index (χ1v) is 3.37. The molecule has 0 fully saturated rings. The molecule has 6 nitrogen and oxygen atoms in total. The van der Waals surface area contributed by atoms with Crippen molar-refractivity contribution in [1.29, 1.82) is 0 Å². The van der Waals surface area contributed by atoms with Gasteiger partial charge in [-0.2, -0.15) is 15.4 Å². The van der Waals surface area contributed by atoms with E-state index in [4.69, 9.17) is 0 Å². The van der Waals surface area contributed by atoms with Gasteiger partial charge in [-0.15, -0.1) is 0 Å². The summed E-state index contributed by atoms with van der Waals surface area (Å²) in [4.78, 5) is 0. The molecule has 12 heavy (non-hydrogen) atoms. The van der Waals surface area contributed by atoms with Crippen molar-refractivity contribution in [2.75, 3.05) is 0 Å². The minimum Gasteiger partial charge on any atom is -0.243 e. The number of hydrogen-bond donors (Lipinski definition) is 1. The number of nitrogens with one attached hydrogen (secondary N) is 1. The first-order valence-electron chi connectivity index (χ1n) is 3.37. The van der Waals surface area contributed by atoms with Crippen LogP contribution in [-0.2, 0) is 0 Å². The van der Waals surface area contributed by atoms with Crippen molar-refractivity contribution in [1.82, 2.24) is 25.7 Å². The van der Waals surface area contributed by atoms with Crippen molar-refractivity contribution in [2.45, 2.75) is 0 Å². The highest BCUT2D eigenvalue weighted by Crippen LogP contribution is 2.17. The summed E-state index contributed by atoms with van der Waals surface area (Å²) in [6, 6.07) is 3.60. The van der Waals surface area contributed by atoms with E-state index in [0.29, 0.717) is 16.6 Å². The molecular formula is C6H3N5O. The van der Waals surface area contributed by atoms with Gasteiger partial charge >= 0.3 is 0 Å². The summed E-state index contributed by atoms with van der Waals surface area (Å²) < 4.78 is 4.56. The quantitative estimate of drug-likeness (QED) is 0.519. The Hall–Kier alpha value is -1.98. The highest BCUT2D eigenvalue weighted by Gasteiger charge is 2.07. The number of fused-ring (bicyclic) bond motifs is 3. The van der Waals surface area contributed by atoms with Gasteiger partial charge in [-0.3, -0.25) is 0 Å². The van der Waals surface area contributed by atoms with Gasteiger partial charge in [0, 0.05) is 0 Å². The molecule has 0 aliphatic heterocycles. The summed E-state index contributed by atoms with van der Waals surface area (Å²) in [6.07, 6.45) is 0. The molecule has 2 aromatic heterocycles. The van der Waals surface area contributed by atoms with Gasteiger partial charge in [0.15, 0.2) is 5.52 Å². The van der Waals surface area contributed by atoms with Crippen molar-refractivity contribution in [3.63, 3.8) is 0 Å². The van der Waals surface area contributed by atoms with Crippen LogP contribution < -0.4 is 0 Å². The molecule has 3 aromatic rings. The first-order chi connectivity index (χ1) is 5.95. The molecule has 58 valence electrons. The second-order valence-electron chi connectivity index (χ2n) is 2.39. The number of H-pyrrole nitrogens is 1. The topological polar surface area (TPSA) is 80.5 Å². The Morgan fingerprint density at radius 2 is 1.92 bits per heavy atom. The molecule has 6 heteroatoms. The van der Waals surface area contributed by atoms with Crippen LogP contribution in [0.1, 0.15) is 0 Å². The van der Waals surface area contributed by atoms with Crippen LogP contribution in [0.5, 0.6) is 0 Å². The number of rotatable bonds is 0. The minimum atomic E-state index is 0.640. The third kappa shape index (κ3) is 0.541. The molecule has 0 bridgehead atoms. The summed E-state index contributed by atoms with van der Waals surface area (Å²) in [5.74, 6) is 0. The maximum absolute atomic E-state index is 4.56. The van der Waals surface area contributed by atoms with Crippen LogP contribution in [-0.4, -0.2) is 25.7 Å². The first kappa shape index (κ1) is 5.64. The van der Waals surface area contributed by atoms with Gasteiger partial charge in [-0.05, 0) is 22.4 Å². The molecule has 1 aromatic carbocycles. The smallest absolute Gasteiger partial charge is 0.164 e. The minimum absolute atomic E-state index is 0.640. The summed E-state index contributed by atoms with van der Waals surface area (Å²) in [5, 5.41) is 17.7. The Morgan fingerprint density at radius 3 is 2.92 bits per heavy atom. The van der Waals surface area contributed by atoms with Gasteiger partial charge in [-0.25, -0.2) is 4.63 Å². The molecule has 1 N–H and O–H groups in total. The average Bonchev–Trinajstić information content (AvgIpc) is 2.71. The molecule has 0 radical (unpaired) electrons. The fourth-order valence-electron chi connectivity index (χ4n) is 1.16. The van der Waals surface area contributed by atoms with Crippen LogP contribution in [0.15, 0.2) is 16.8 Å². The van der Waals surface area contributed by atoms with Crippen LogP contribution in [0, 0.1) is 0 Å². The van der Waals surface area contributed by atoms with Crippen molar-refractivity contribution >= 4 is 22.1 Å². The van der Waals surface area contributed by atoms with E-state index in [9.17, 15) is 0 Å². The Morgan fingerprint density at radius 1 is 1.00 bits per heavy atom. The largest absolute Gasteiger partial charge is 0.243 e. The van der Waals surface area contributed by atoms with E-state index in [2.05, 4.69) is 30.4 Å². The maximum Gasteiger partial charge on any atom is 0.164 e. The van der Waals surface area contributed by atoms with Gasteiger partial charge in [0.1, 0.15) is 16.6 Å². The van der Waals surface area contributed by atoms with E-state index in [1.54, 1.807) is 6.07 Å². The van der Waals surface area contributed by atoms with Gasteiger partial charge in [0.25, 0.3) is 0 Å². The molecule has 0 spiro atoms. The second-order valence-corrected chi connectivity index (χ2v) is 2.39. The van der Waals surface area contributed by atoms with E-state index >= 15 is 0 Å². The van der Waals surface area contributed by atoms with Gasteiger partial charge in [0.2, 0.25) is 0 Å². The predicted molar refractivity (Wildman–Crippen MR) is 39.3 cm³/mol. The van der Waals surface area contributed by atoms with Crippen LogP contribution >= 0.6 is 0 Å². The van der Waals surface area contributed by atoms with E-state index in [0.717, 1.165) is 5.52 Å². The number of hydrogen-bond acceptors (Lipinski definition) is 5. The fraction of sp³-hybridized carbons (Fsp3) is 0. The molecule has 3 rings (SSSR count). The maximum atomic E-state index is 4.56. The van der Waals surface area contributed by atoms with Gasteiger partial charge < -0.3 is 0 Å². The number of aromatic nitrogens is 5. The molecule has 0 aliphatic carbocycles. The molecule has 2 heterocycles. The van der Waals surface area contributed by atoms with Crippen molar-refractivity contribution < 1.29 is 4.63 Å². The lowest BCUT2D eigenvalue weighted by Gasteiger charge is -1.82. The number of nitrogens with zero attached hydrogens (tertiary/aromatic N) is 4. The van der Waals surface area contributed by atoms with Gasteiger partial charge in [0.05, 0.1) is 0 Å². The monoisotopic (exact) mass is 161 g/mol. The lowest BCUT2D eigenvalue weighted by Crippen LogP contribution is -1.73. The zero-order chi connectivity index (χ0) is 7.97. The van der Waals surface area contributed by atoms with E-state index in [1.807, 2.05) is 6.07 Å². The standard InChI is InChI=1S/C6H3N5O/c1-2-4-6(10-12-9-4)5-3(1)7-11-8-5/h1-2H,(H,7,8,11). The van der Waals surface area contributed by atoms with Crippen LogP contribution in [0.3, 0.4) is 0 Å². The summed E-state index contributed by atoms with van der Waals surface area (Å²) in [7, 11) is 0. The second kappa shape index (κ2) is 1.79. The SMILES string of the molecule is c1cc2nonc2c2n[nH]nc12. The Bertz CT molecular complexity index is 489. The molecule has 0 saturated carbocycles. The zero-order valence-electron chi connectivity index (χ0n) is 5.85. The number of aromatic amines is 1. The lowest BCUT2D eigenvalue weighted by molar-refractivity contribution is 0.315. The van der Waals surface area contributed by atoms with E-state index in [-0.39, 0.29) is 0 Å². The molecular weight excluding hydrogens is 158 g/mol. The lowest BCUT2D eigenvalue weighted by atomic mass is 10.3. The molecule has 0 atom stereocenters. The van der Waals surface area contributed by atoms with E-state index < -0.39 is 0 Å². The highest BCUT2D eigenvalue weighted by atomic mass is 16.6. The summed E-state index contributed by atoms with van der Waals surface area (Å²) in [5.41, 5.74) is 2.78. The van der Waals surface area contributed by atoms with Crippen molar-refractivity contribution in [3.8, 4) is 0 Å². The van der Waals surface area contributed by atoms with Crippen molar-refractivity contribution in [3.05, 3.63) is 12.1 Å². The Labute approximate surface area is 65.5 Å². The zero-order valence-corrected chi connectivity index (χ0v) is 5.85. The highest BCUT2D eigenvalue weighted by molar-refractivity contribution is 5.98. The predicted octanol–water partition coefficient (Wildman–Crippen LogP) is 0.494. The summed E-state index contributed by atoms with van der Waals surface area (Å²) >= 11 is 0. The Kier molecular flexibility index (Phi) is 0.840. The molecule has 0 unspecified atom stereocenters.